The number of hydrogen-bond donors (Lipinski definition) is 1. The van der Waals surface area contributed by atoms with Crippen LogP contribution < -0.4 is 4.90 Å². The lowest BCUT2D eigenvalue weighted by Crippen LogP contribution is -2.60. The molecule has 2 saturated heterocycles. The Labute approximate surface area is 255 Å². The molecule has 0 radical (unpaired) electrons. The molecule has 16 heteroatoms. The quantitative estimate of drug-likeness (QED) is 0.327. The standard InChI is InChI=1S/C28H33F6N5O4S/c1-26(2)24(42)38(19-4-3-17(14-35)21(13-19)27(29,30)31)25(44)39(26)18-5-7-20(8-6-18)43-12-11-36-9-10-37(16-23(40)41)22(15-36)28(32,33)34/h3-4,13,18,20,22H,5-12,15-16H2,1-2H3,(H,40,41)/t18?,20?,22-/m0/s1. The number of halogens is 6. The number of carboxylic acid groups (broad SMARTS) is 1. The van der Waals surface area contributed by atoms with E-state index in [1.807, 2.05) is 0 Å². The molecule has 1 aromatic carbocycles. The highest BCUT2D eigenvalue weighted by atomic mass is 32.1. The predicted octanol–water partition coefficient (Wildman–Crippen LogP) is 4.25. The fraction of sp³-hybridized carbons (Fsp3) is 0.643. The molecular formula is C28H33F6N5O4S. The zero-order valence-electron chi connectivity index (χ0n) is 24.1. The van der Waals surface area contributed by atoms with E-state index in [0.717, 1.165) is 21.9 Å². The van der Waals surface area contributed by atoms with Gasteiger partial charge in [0.2, 0.25) is 0 Å². The van der Waals surface area contributed by atoms with Gasteiger partial charge in [-0.3, -0.25) is 24.3 Å². The van der Waals surface area contributed by atoms with Gasteiger partial charge < -0.3 is 14.7 Å². The lowest BCUT2D eigenvalue weighted by Gasteiger charge is -2.42. The Bertz CT molecular complexity index is 1310. The Morgan fingerprint density at radius 1 is 1.14 bits per heavy atom. The summed E-state index contributed by atoms with van der Waals surface area (Å²) in [6.45, 7) is 2.99. The van der Waals surface area contributed by atoms with E-state index in [9.17, 15) is 35.9 Å². The molecule has 3 fully saturated rings. The van der Waals surface area contributed by atoms with Crippen LogP contribution in [0.4, 0.5) is 32.0 Å². The molecule has 0 unspecified atom stereocenters. The second-order valence-electron chi connectivity index (χ2n) is 11.7. The van der Waals surface area contributed by atoms with Gasteiger partial charge in [-0.05, 0) is 69.9 Å². The van der Waals surface area contributed by atoms with Gasteiger partial charge in [-0.15, -0.1) is 0 Å². The minimum Gasteiger partial charge on any atom is -0.480 e. The van der Waals surface area contributed by atoms with E-state index in [1.165, 1.54) is 12.1 Å². The topological polar surface area (TPSA) is 100 Å². The molecule has 0 aromatic heterocycles. The number of piperazine rings is 1. The number of thiocarbonyl (C=S) groups is 1. The molecule has 1 atom stereocenters. The summed E-state index contributed by atoms with van der Waals surface area (Å²) in [5, 5.41) is 18.1. The maximum Gasteiger partial charge on any atom is 0.417 e. The van der Waals surface area contributed by atoms with Crippen molar-refractivity contribution in [1.82, 2.24) is 14.7 Å². The first-order valence-electron chi connectivity index (χ1n) is 14.1. The summed E-state index contributed by atoms with van der Waals surface area (Å²) in [6, 6.07) is 2.51. The lowest BCUT2D eigenvalue weighted by molar-refractivity contribution is -0.199. The highest BCUT2D eigenvalue weighted by Crippen LogP contribution is 2.40. The molecule has 2 heterocycles. The zero-order valence-corrected chi connectivity index (χ0v) is 24.9. The Hall–Kier alpha value is -3.00. The van der Waals surface area contributed by atoms with Gasteiger partial charge in [-0.2, -0.15) is 31.6 Å². The summed E-state index contributed by atoms with van der Waals surface area (Å²) in [4.78, 5) is 29.8. The van der Waals surface area contributed by atoms with Crippen LogP contribution in [0.5, 0.6) is 0 Å². The summed E-state index contributed by atoms with van der Waals surface area (Å²) in [7, 11) is 0. The summed E-state index contributed by atoms with van der Waals surface area (Å²) >= 11 is 5.62. The van der Waals surface area contributed by atoms with Gasteiger partial charge in [0.15, 0.2) is 5.11 Å². The molecule has 0 spiro atoms. The third-order valence-electron chi connectivity index (χ3n) is 8.47. The number of carbonyl (C=O) groups excluding carboxylic acids is 1. The molecular weight excluding hydrogens is 616 g/mol. The number of rotatable bonds is 8. The molecule has 3 aliphatic rings. The van der Waals surface area contributed by atoms with Crippen LogP contribution in [0.2, 0.25) is 0 Å². The van der Waals surface area contributed by atoms with Crippen LogP contribution in [-0.2, 0) is 20.5 Å². The van der Waals surface area contributed by atoms with Crippen LogP contribution in [0, 0.1) is 11.3 Å². The van der Waals surface area contributed by atoms with Crippen molar-refractivity contribution in [2.45, 2.75) is 75.6 Å². The number of hydrogen-bond acceptors (Lipinski definition) is 7. The average molecular weight is 650 g/mol. The molecule has 1 N–H and O–H groups in total. The number of carbonyl (C=O) groups is 2. The fourth-order valence-corrected chi connectivity index (χ4v) is 6.79. The average Bonchev–Trinajstić information content (AvgIpc) is 3.11. The van der Waals surface area contributed by atoms with Crippen LogP contribution in [0.15, 0.2) is 18.2 Å². The van der Waals surface area contributed by atoms with Crippen LogP contribution in [0.1, 0.15) is 50.7 Å². The largest absolute Gasteiger partial charge is 0.480 e. The van der Waals surface area contributed by atoms with E-state index in [-0.39, 0.29) is 55.7 Å². The summed E-state index contributed by atoms with van der Waals surface area (Å²) in [5.41, 5.74) is -2.93. The van der Waals surface area contributed by atoms with Gasteiger partial charge in [0, 0.05) is 32.2 Å². The van der Waals surface area contributed by atoms with E-state index in [4.69, 9.17) is 27.3 Å². The van der Waals surface area contributed by atoms with Crippen molar-refractivity contribution in [3.05, 3.63) is 29.3 Å². The predicted molar refractivity (Wildman–Crippen MR) is 150 cm³/mol. The SMILES string of the molecule is CC1(C)C(=O)N(c2ccc(C#N)c(C(F)(F)F)c2)C(=S)N1C1CCC(OCCN2CCN(CC(=O)O)[C@H](C(F)(F)F)C2)CC1. The monoisotopic (exact) mass is 649 g/mol. The molecule has 1 saturated carbocycles. The second kappa shape index (κ2) is 12.8. The lowest BCUT2D eigenvalue weighted by atomic mass is 9.89. The first-order chi connectivity index (χ1) is 20.4. The van der Waals surface area contributed by atoms with Gasteiger partial charge in [-0.1, -0.05) is 0 Å². The molecule has 2 aliphatic heterocycles. The number of carboxylic acids is 1. The second-order valence-corrected chi connectivity index (χ2v) is 12.1. The number of benzene rings is 1. The van der Waals surface area contributed by atoms with Gasteiger partial charge in [0.05, 0.1) is 42.1 Å². The van der Waals surface area contributed by atoms with Crippen LogP contribution in [-0.4, -0.2) is 106 Å². The van der Waals surface area contributed by atoms with E-state index >= 15 is 0 Å². The van der Waals surface area contributed by atoms with Crippen LogP contribution in [0.25, 0.3) is 0 Å². The van der Waals surface area contributed by atoms with Gasteiger partial charge in [0.1, 0.15) is 11.6 Å². The van der Waals surface area contributed by atoms with Crippen molar-refractivity contribution in [2.24, 2.45) is 0 Å². The van der Waals surface area contributed by atoms with Crippen molar-refractivity contribution in [3.8, 4) is 6.07 Å². The fourth-order valence-electron chi connectivity index (χ4n) is 6.23. The Kier molecular flexibility index (Phi) is 9.84. The maximum absolute atomic E-state index is 13.6. The first kappa shape index (κ1) is 33.9. The van der Waals surface area contributed by atoms with Crippen molar-refractivity contribution in [2.75, 3.05) is 44.2 Å². The molecule has 1 amide bonds. The molecule has 1 aliphatic carbocycles. The number of nitriles is 1. The third-order valence-corrected chi connectivity index (χ3v) is 8.85. The number of alkyl halides is 6. The van der Waals surface area contributed by atoms with Crippen LogP contribution in [0.3, 0.4) is 0 Å². The number of anilines is 1. The molecule has 242 valence electrons. The Morgan fingerprint density at radius 2 is 1.80 bits per heavy atom. The van der Waals surface area contributed by atoms with E-state index in [0.29, 0.717) is 25.7 Å². The number of nitrogens with zero attached hydrogens (tertiary/aromatic N) is 5. The van der Waals surface area contributed by atoms with Crippen molar-refractivity contribution in [3.63, 3.8) is 0 Å². The minimum atomic E-state index is -4.80. The molecule has 44 heavy (non-hydrogen) atoms. The van der Waals surface area contributed by atoms with Crippen LogP contribution >= 0.6 is 12.2 Å². The van der Waals surface area contributed by atoms with Gasteiger partial charge in [0.25, 0.3) is 5.91 Å². The Morgan fingerprint density at radius 3 is 2.36 bits per heavy atom. The zero-order chi connectivity index (χ0) is 32.6. The maximum atomic E-state index is 13.6. The molecule has 4 rings (SSSR count). The minimum absolute atomic E-state index is 0.0250. The summed E-state index contributed by atoms with van der Waals surface area (Å²) < 4.78 is 87.3. The van der Waals surface area contributed by atoms with Crippen molar-refractivity contribution < 1.29 is 45.8 Å². The smallest absolute Gasteiger partial charge is 0.417 e. The van der Waals surface area contributed by atoms with Crippen molar-refractivity contribution in [1.29, 1.82) is 5.26 Å². The van der Waals surface area contributed by atoms with Gasteiger partial charge >= 0.3 is 18.3 Å². The third kappa shape index (κ3) is 7.11. The first-order valence-corrected chi connectivity index (χ1v) is 14.5. The normalized spacial score (nSPS) is 25.4. The molecule has 0 bridgehead atoms. The molecule has 1 aromatic rings. The van der Waals surface area contributed by atoms with Gasteiger partial charge in [-0.25, -0.2) is 0 Å². The van der Waals surface area contributed by atoms with E-state index < -0.39 is 53.5 Å². The summed E-state index contributed by atoms with van der Waals surface area (Å²) in [6.07, 6.45) is -7.22. The van der Waals surface area contributed by atoms with E-state index in [1.54, 1.807) is 23.6 Å². The van der Waals surface area contributed by atoms with E-state index in [2.05, 4.69) is 0 Å². The van der Waals surface area contributed by atoms with Crippen molar-refractivity contribution >= 4 is 34.9 Å². The highest BCUT2D eigenvalue weighted by Gasteiger charge is 2.53. The Balaban J connectivity index is 1.34. The highest BCUT2D eigenvalue weighted by molar-refractivity contribution is 7.80. The summed E-state index contributed by atoms with van der Waals surface area (Å²) in [5.74, 6) is -1.80. The number of ether oxygens (including phenoxy) is 1. The number of amides is 1. The molecule has 9 nitrogen and oxygen atoms in total. The number of aliphatic carboxylic acids is 1.